The van der Waals surface area contributed by atoms with E-state index >= 15 is 0 Å². The molecule has 1 atom stereocenters. The molecule has 1 aromatic heterocycles. The van der Waals surface area contributed by atoms with Crippen LogP contribution in [-0.4, -0.2) is 68.0 Å². The molecule has 0 bridgehead atoms. The molecule has 0 aromatic carbocycles. The molecule has 1 aliphatic heterocycles. The van der Waals surface area contributed by atoms with Gasteiger partial charge in [0.1, 0.15) is 5.82 Å². The van der Waals surface area contributed by atoms with Crippen molar-refractivity contribution in [1.29, 1.82) is 0 Å². The number of amides is 1. The number of likely N-dealkylation sites (N-methyl/N-ethyl adjacent to an activating group) is 1. The van der Waals surface area contributed by atoms with Crippen molar-refractivity contribution >= 4 is 11.7 Å². The highest BCUT2D eigenvalue weighted by Crippen LogP contribution is 2.20. The lowest BCUT2D eigenvalue weighted by atomic mass is 10.0. The van der Waals surface area contributed by atoms with Crippen molar-refractivity contribution in [3.8, 4) is 0 Å². The number of carbonyl (C=O) groups is 1. The number of likely N-dealkylation sites (tertiary alicyclic amines) is 1. The van der Waals surface area contributed by atoms with Crippen molar-refractivity contribution in [2.75, 3.05) is 46.2 Å². The van der Waals surface area contributed by atoms with E-state index < -0.39 is 0 Å². The molecule has 2 heterocycles. The third kappa shape index (κ3) is 3.94. The maximum atomic E-state index is 12.7. The van der Waals surface area contributed by atoms with Gasteiger partial charge in [-0.2, -0.15) is 0 Å². The van der Waals surface area contributed by atoms with Crippen LogP contribution in [0, 0.1) is 0 Å². The number of hydrogen-bond donors (Lipinski definition) is 0. The fraction of sp³-hybridized carbons (Fsp3) is 0.625. The molecule has 5 heteroatoms. The number of carbonyl (C=O) groups excluding carboxylic acids is 1. The lowest BCUT2D eigenvalue weighted by molar-refractivity contribution is 0.0574. The predicted octanol–water partition coefficient (Wildman–Crippen LogP) is 1.70. The van der Waals surface area contributed by atoms with E-state index in [1.807, 2.05) is 36.0 Å². The molecule has 1 amide bonds. The Morgan fingerprint density at radius 2 is 2.05 bits per heavy atom. The van der Waals surface area contributed by atoms with Gasteiger partial charge in [0.15, 0.2) is 0 Å². The van der Waals surface area contributed by atoms with Crippen molar-refractivity contribution in [3.05, 3.63) is 23.9 Å². The average molecular weight is 290 g/mol. The Morgan fingerprint density at radius 3 is 2.62 bits per heavy atom. The number of pyridine rings is 1. The zero-order chi connectivity index (χ0) is 15.4. The van der Waals surface area contributed by atoms with Gasteiger partial charge in [-0.1, -0.05) is 0 Å². The van der Waals surface area contributed by atoms with Gasteiger partial charge in [0.2, 0.25) is 0 Å². The summed E-state index contributed by atoms with van der Waals surface area (Å²) in [4.78, 5) is 23.2. The smallest absolute Gasteiger partial charge is 0.255 e. The topological polar surface area (TPSA) is 39.7 Å². The van der Waals surface area contributed by atoms with Crippen molar-refractivity contribution in [3.63, 3.8) is 0 Å². The minimum absolute atomic E-state index is 0.111. The lowest BCUT2D eigenvalue weighted by Crippen LogP contribution is -2.48. The van der Waals surface area contributed by atoms with E-state index in [1.165, 1.54) is 6.42 Å². The van der Waals surface area contributed by atoms with Gasteiger partial charge in [-0.15, -0.1) is 0 Å². The summed E-state index contributed by atoms with van der Waals surface area (Å²) in [5, 5.41) is 0. The maximum absolute atomic E-state index is 12.7. The van der Waals surface area contributed by atoms with Crippen LogP contribution in [0.25, 0.3) is 0 Å². The highest BCUT2D eigenvalue weighted by Gasteiger charge is 2.27. The van der Waals surface area contributed by atoms with Crippen LogP contribution in [0.3, 0.4) is 0 Å². The number of aromatic nitrogens is 1. The Bertz CT molecular complexity index is 470. The molecule has 2 rings (SSSR count). The number of rotatable bonds is 4. The van der Waals surface area contributed by atoms with Crippen molar-refractivity contribution in [2.24, 2.45) is 0 Å². The normalized spacial score (nSPS) is 18.9. The van der Waals surface area contributed by atoms with E-state index in [4.69, 9.17) is 0 Å². The molecule has 1 saturated heterocycles. The third-order valence-electron chi connectivity index (χ3n) is 3.92. The monoisotopic (exact) mass is 290 g/mol. The second-order valence-electron chi connectivity index (χ2n) is 6.21. The van der Waals surface area contributed by atoms with E-state index in [0.717, 1.165) is 31.7 Å². The first-order valence-electron chi connectivity index (χ1n) is 7.58. The first-order valence-corrected chi connectivity index (χ1v) is 7.58. The summed E-state index contributed by atoms with van der Waals surface area (Å²) in [6.45, 7) is 1.78. The van der Waals surface area contributed by atoms with E-state index in [1.54, 1.807) is 6.20 Å². The second kappa shape index (κ2) is 6.89. The Labute approximate surface area is 127 Å². The summed E-state index contributed by atoms with van der Waals surface area (Å²) in [6, 6.07) is 4.10. The summed E-state index contributed by atoms with van der Waals surface area (Å²) in [6.07, 6.45) is 5.09. The summed E-state index contributed by atoms with van der Waals surface area (Å²) in [5.74, 6) is 0.981. The molecule has 0 radical (unpaired) electrons. The van der Waals surface area contributed by atoms with Crippen LogP contribution < -0.4 is 4.90 Å². The Hall–Kier alpha value is -1.62. The molecule has 1 aliphatic rings. The molecule has 21 heavy (non-hydrogen) atoms. The lowest BCUT2D eigenvalue weighted by Gasteiger charge is -2.37. The van der Waals surface area contributed by atoms with Crippen molar-refractivity contribution in [1.82, 2.24) is 14.8 Å². The zero-order valence-electron chi connectivity index (χ0n) is 13.5. The minimum Gasteiger partial charge on any atom is -0.363 e. The average Bonchev–Trinajstić information content (AvgIpc) is 2.46. The summed E-state index contributed by atoms with van der Waals surface area (Å²) >= 11 is 0. The van der Waals surface area contributed by atoms with E-state index in [9.17, 15) is 4.79 Å². The van der Waals surface area contributed by atoms with Gasteiger partial charge in [-0.05, 0) is 45.5 Å². The zero-order valence-corrected chi connectivity index (χ0v) is 13.5. The van der Waals surface area contributed by atoms with Crippen molar-refractivity contribution < 1.29 is 4.79 Å². The van der Waals surface area contributed by atoms with Crippen LogP contribution in [0.15, 0.2) is 18.3 Å². The summed E-state index contributed by atoms with van der Waals surface area (Å²) in [7, 11) is 8.01. The van der Waals surface area contributed by atoms with E-state index in [2.05, 4.69) is 24.0 Å². The Balaban J connectivity index is 2.12. The fourth-order valence-electron chi connectivity index (χ4n) is 2.82. The van der Waals surface area contributed by atoms with Gasteiger partial charge in [-0.25, -0.2) is 4.98 Å². The molecule has 0 N–H and O–H groups in total. The molecule has 0 aliphatic carbocycles. The van der Waals surface area contributed by atoms with Crippen LogP contribution in [-0.2, 0) is 0 Å². The number of nitrogens with zero attached hydrogens (tertiary/aromatic N) is 4. The summed E-state index contributed by atoms with van der Waals surface area (Å²) in [5.41, 5.74) is 0.686. The predicted molar refractivity (Wildman–Crippen MR) is 85.8 cm³/mol. The highest BCUT2D eigenvalue weighted by molar-refractivity contribution is 5.94. The maximum Gasteiger partial charge on any atom is 0.255 e. The largest absolute Gasteiger partial charge is 0.363 e. The first-order chi connectivity index (χ1) is 9.99. The van der Waals surface area contributed by atoms with Crippen LogP contribution in [0.1, 0.15) is 29.6 Å². The molecule has 0 unspecified atom stereocenters. The molecule has 0 saturated carbocycles. The molecular formula is C16H26N4O. The standard InChI is InChI=1S/C16H26N4O/c1-18(2)12-14-7-5-6-10-20(14)16(21)13-8-9-15(17-11-13)19(3)4/h8-9,11,14H,5-7,10,12H2,1-4H3/t14-/m0/s1. The quantitative estimate of drug-likeness (QED) is 0.846. The SMILES string of the molecule is CN(C)C[C@@H]1CCCCN1C(=O)c1ccc(N(C)C)nc1. The minimum atomic E-state index is 0.111. The Kier molecular flexibility index (Phi) is 5.17. The number of anilines is 1. The fourth-order valence-corrected chi connectivity index (χ4v) is 2.82. The second-order valence-corrected chi connectivity index (χ2v) is 6.21. The molecular weight excluding hydrogens is 264 g/mol. The molecule has 0 spiro atoms. The molecule has 1 aromatic rings. The van der Waals surface area contributed by atoms with Gasteiger partial charge in [0.05, 0.1) is 5.56 Å². The van der Waals surface area contributed by atoms with Crippen LogP contribution in [0.4, 0.5) is 5.82 Å². The van der Waals surface area contributed by atoms with E-state index in [-0.39, 0.29) is 5.91 Å². The highest BCUT2D eigenvalue weighted by atomic mass is 16.2. The summed E-state index contributed by atoms with van der Waals surface area (Å²) < 4.78 is 0. The van der Waals surface area contributed by atoms with Gasteiger partial charge in [-0.3, -0.25) is 4.79 Å². The van der Waals surface area contributed by atoms with Gasteiger partial charge >= 0.3 is 0 Å². The van der Waals surface area contributed by atoms with Crippen LogP contribution >= 0.6 is 0 Å². The van der Waals surface area contributed by atoms with Gasteiger partial charge < -0.3 is 14.7 Å². The molecule has 116 valence electrons. The third-order valence-corrected chi connectivity index (χ3v) is 3.92. The van der Waals surface area contributed by atoms with Crippen LogP contribution in [0.2, 0.25) is 0 Å². The van der Waals surface area contributed by atoms with Crippen LogP contribution in [0.5, 0.6) is 0 Å². The van der Waals surface area contributed by atoms with Crippen molar-refractivity contribution in [2.45, 2.75) is 25.3 Å². The van der Waals surface area contributed by atoms with Gasteiger partial charge in [0, 0.05) is 39.4 Å². The number of piperidine rings is 1. The van der Waals surface area contributed by atoms with E-state index in [0.29, 0.717) is 11.6 Å². The first kappa shape index (κ1) is 15.8. The number of hydrogen-bond acceptors (Lipinski definition) is 4. The van der Waals surface area contributed by atoms with Gasteiger partial charge in [0.25, 0.3) is 5.91 Å². The molecule has 5 nitrogen and oxygen atoms in total. The Morgan fingerprint density at radius 1 is 1.29 bits per heavy atom. The molecule has 1 fully saturated rings.